The highest BCUT2D eigenvalue weighted by Gasteiger charge is 2.38. The summed E-state index contributed by atoms with van der Waals surface area (Å²) in [6.07, 6.45) is 13.4. The van der Waals surface area contributed by atoms with Crippen molar-refractivity contribution in [1.82, 2.24) is 10.2 Å². The molecule has 2 amide bonds. The Kier molecular flexibility index (Phi) is 6.37. The average molecular weight is 351 g/mol. The van der Waals surface area contributed by atoms with E-state index >= 15 is 0 Å². The number of rotatable bonds is 4. The van der Waals surface area contributed by atoms with E-state index in [4.69, 9.17) is 0 Å². The number of aliphatic hydroxyl groups is 1. The van der Waals surface area contributed by atoms with Crippen LogP contribution in [0.3, 0.4) is 0 Å². The minimum absolute atomic E-state index is 0.0536. The van der Waals surface area contributed by atoms with Crippen LogP contribution in [0.4, 0.5) is 0 Å². The van der Waals surface area contributed by atoms with Crippen molar-refractivity contribution in [2.75, 3.05) is 13.1 Å². The summed E-state index contributed by atoms with van der Waals surface area (Å²) in [4.78, 5) is 26.9. The number of carbonyl (C=O) groups is 2. The predicted molar refractivity (Wildman–Crippen MR) is 97.0 cm³/mol. The van der Waals surface area contributed by atoms with E-state index in [9.17, 15) is 14.7 Å². The second kappa shape index (κ2) is 8.52. The van der Waals surface area contributed by atoms with Gasteiger partial charge in [0.15, 0.2) is 0 Å². The van der Waals surface area contributed by atoms with Gasteiger partial charge in [-0.1, -0.05) is 51.4 Å². The standard InChI is InChI=1S/C20H34N2O3/c23-18-13-16(14-22(18)17-9-5-1-2-6-10-17)19(24)21-15-20(25)11-7-3-4-8-12-20/h16-17,25H,1-15H2,(H,21,24)/t16-/m1/s1. The van der Waals surface area contributed by atoms with Gasteiger partial charge in [0.25, 0.3) is 0 Å². The van der Waals surface area contributed by atoms with Crippen molar-refractivity contribution in [1.29, 1.82) is 0 Å². The van der Waals surface area contributed by atoms with Gasteiger partial charge in [-0.15, -0.1) is 0 Å². The number of nitrogens with zero attached hydrogens (tertiary/aromatic N) is 1. The molecule has 0 aromatic heterocycles. The first-order valence-corrected chi connectivity index (χ1v) is 10.4. The highest BCUT2D eigenvalue weighted by Crippen LogP contribution is 2.29. The molecule has 5 nitrogen and oxygen atoms in total. The molecule has 2 N–H and O–H groups in total. The highest BCUT2D eigenvalue weighted by atomic mass is 16.3. The Bertz CT molecular complexity index is 464. The van der Waals surface area contributed by atoms with E-state index in [1.807, 2.05) is 4.90 Å². The Labute approximate surface area is 151 Å². The van der Waals surface area contributed by atoms with E-state index in [1.54, 1.807) is 0 Å². The molecular formula is C20H34N2O3. The summed E-state index contributed by atoms with van der Waals surface area (Å²) in [7, 11) is 0. The van der Waals surface area contributed by atoms with Crippen LogP contribution in [-0.4, -0.2) is 46.6 Å². The van der Waals surface area contributed by atoms with Gasteiger partial charge in [0.05, 0.1) is 11.5 Å². The third kappa shape index (κ3) is 4.96. The van der Waals surface area contributed by atoms with Crippen LogP contribution < -0.4 is 5.32 Å². The van der Waals surface area contributed by atoms with Crippen molar-refractivity contribution >= 4 is 11.8 Å². The molecular weight excluding hydrogens is 316 g/mol. The van der Waals surface area contributed by atoms with E-state index in [1.165, 1.54) is 38.5 Å². The molecule has 1 saturated heterocycles. The Hall–Kier alpha value is -1.10. The quantitative estimate of drug-likeness (QED) is 0.766. The normalized spacial score (nSPS) is 28.4. The van der Waals surface area contributed by atoms with Crippen molar-refractivity contribution < 1.29 is 14.7 Å². The second-order valence-electron chi connectivity index (χ2n) is 8.45. The molecule has 0 spiro atoms. The van der Waals surface area contributed by atoms with Crippen LogP contribution in [0.2, 0.25) is 0 Å². The molecule has 1 aliphatic heterocycles. The lowest BCUT2D eigenvalue weighted by atomic mass is 9.94. The molecule has 142 valence electrons. The minimum atomic E-state index is -0.754. The largest absolute Gasteiger partial charge is 0.388 e. The molecule has 0 aromatic carbocycles. The van der Waals surface area contributed by atoms with Gasteiger partial charge in [-0.25, -0.2) is 0 Å². The lowest BCUT2D eigenvalue weighted by molar-refractivity contribution is -0.130. The minimum Gasteiger partial charge on any atom is -0.388 e. The highest BCUT2D eigenvalue weighted by molar-refractivity contribution is 5.89. The molecule has 0 unspecified atom stereocenters. The first-order chi connectivity index (χ1) is 12.1. The maximum atomic E-state index is 12.6. The van der Waals surface area contributed by atoms with Gasteiger partial charge in [-0.05, 0) is 25.7 Å². The molecule has 1 heterocycles. The van der Waals surface area contributed by atoms with Crippen molar-refractivity contribution in [2.45, 2.75) is 95.1 Å². The van der Waals surface area contributed by atoms with Crippen molar-refractivity contribution in [3.05, 3.63) is 0 Å². The SMILES string of the molecule is O=C(NCC1(O)CCCCCC1)[C@@H]1CC(=O)N(C2CCCCCC2)C1. The van der Waals surface area contributed by atoms with Gasteiger partial charge in [0.1, 0.15) is 0 Å². The molecule has 0 radical (unpaired) electrons. The van der Waals surface area contributed by atoms with E-state index < -0.39 is 5.60 Å². The summed E-state index contributed by atoms with van der Waals surface area (Å²) in [5.41, 5.74) is -0.754. The van der Waals surface area contributed by atoms with Crippen LogP contribution in [0, 0.1) is 5.92 Å². The average Bonchev–Trinajstić information content (AvgIpc) is 2.79. The van der Waals surface area contributed by atoms with Gasteiger partial charge in [0.2, 0.25) is 11.8 Å². The fourth-order valence-corrected chi connectivity index (χ4v) is 4.79. The van der Waals surface area contributed by atoms with Crippen LogP contribution in [0.5, 0.6) is 0 Å². The molecule has 2 saturated carbocycles. The summed E-state index contributed by atoms with van der Waals surface area (Å²) in [6, 6.07) is 0.332. The molecule has 0 aromatic rings. The predicted octanol–water partition coefficient (Wildman–Crippen LogP) is 2.76. The topological polar surface area (TPSA) is 69.6 Å². The maximum Gasteiger partial charge on any atom is 0.225 e. The second-order valence-corrected chi connectivity index (χ2v) is 8.45. The Morgan fingerprint density at radius 3 is 2.28 bits per heavy atom. The molecule has 25 heavy (non-hydrogen) atoms. The van der Waals surface area contributed by atoms with Gasteiger partial charge in [-0.2, -0.15) is 0 Å². The molecule has 3 fully saturated rings. The molecule has 3 aliphatic rings. The fourth-order valence-electron chi connectivity index (χ4n) is 4.79. The van der Waals surface area contributed by atoms with Gasteiger partial charge < -0.3 is 15.3 Å². The fraction of sp³-hybridized carbons (Fsp3) is 0.900. The van der Waals surface area contributed by atoms with E-state index in [-0.39, 0.29) is 17.7 Å². The molecule has 1 atom stereocenters. The number of carbonyl (C=O) groups excluding carboxylic acids is 2. The van der Waals surface area contributed by atoms with Crippen molar-refractivity contribution in [3.8, 4) is 0 Å². The summed E-state index contributed by atoms with van der Waals surface area (Å²) in [5.74, 6) is -0.160. The zero-order valence-corrected chi connectivity index (χ0v) is 15.5. The Balaban J connectivity index is 1.50. The van der Waals surface area contributed by atoms with Gasteiger partial charge >= 0.3 is 0 Å². The Morgan fingerprint density at radius 2 is 1.64 bits per heavy atom. The maximum absolute atomic E-state index is 12.6. The first-order valence-electron chi connectivity index (χ1n) is 10.4. The monoisotopic (exact) mass is 350 g/mol. The van der Waals surface area contributed by atoms with Crippen molar-refractivity contribution in [2.24, 2.45) is 5.92 Å². The third-order valence-corrected chi connectivity index (χ3v) is 6.42. The zero-order chi connectivity index (χ0) is 17.7. The molecule has 5 heteroatoms. The molecule has 2 aliphatic carbocycles. The molecule has 3 rings (SSSR count). The number of amides is 2. The summed E-state index contributed by atoms with van der Waals surface area (Å²) in [6.45, 7) is 0.897. The number of hydrogen-bond donors (Lipinski definition) is 2. The summed E-state index contributed by atoms with van der Waals surface area (Å²) < 4.78 is 0. The summed E-state index contributed by atoms with van der Waals surface area (Å²) >= 11 is 0. The van der Waals surface area contributed by atoms with Crippen molar-refractivity contribution in [3.63, 3.8) is 0 Å². The van der Waals surface area contributed by atoms with Crippen LogP contribution in [0.1, 0.15) is 83.5 Å². The van der Waals surface area contributed by atoms with Crippen LogP contribution in [-0.2, 0) is 9.59 Å². The number of hydrogen-bond acceptors (Lipinski definition) is 3. The Morgan fingerprint density at radius 1 is 1.04 bits per heavy atom. The van der Waals surface area contributed by atoms with Crippen LogP contribution in [0.25, 0.3) is 0 Å². The van der Waals surface area contributed by atoms with E-state index in [2.05, 4.69) is 5.32 Å². The lowest BCUT2D eigenvalue weighted by Gasteiger charge is -2.28. The first kappa shape index (κ1) is 18.7. The number of likely N-dealkylation sites (tertiary alicyclic amines) is 1. The van der Waals surface area contributed by atoms with E-state index in [0.717, 1.165) is 38.5 Å². The third-order valence-electron chi connectivity index (χ3n) is 6.42. The smallest absolute Gasteiger partial charge is 0.225 e. The van der Waals surface area contributed by atoms with Crippen LogP contribution in [0.15, 0.2) is 0 Å². The van der Waals surface area contributed by atoms with Gasteiger partial charge in [0, 0.05) is 25.6 Å². The zero-order valence-electron chi connectivity index (χ0n) is 15.5. The van der Waals surface area contributed by atoms with E-state index in [0.29, 0.717) is 25.6 Å². The molecule has 0 bridgehead atoms. The van der Waals surface area contributed by atoms with Crippen LogP contribution >= 0.6 is 0 Å². The summed E-state index contributed by atoms with van der Waals surface area (Å²) in [5, 5.41) is 13.6. The van der Waals surface area contributed by atoms with Gasteiger partial charge in [-0.3, -0.25) is 9.59 Å². The lowest BCUT2D eigenvalue weighted by Crippen LogP contribution is -2.45. The number of nitrogens with one attached hydrogen (secondary N) is 1.